The predicted molar refractivity (Wildman–Crippen MR) is 92.1 cm³/mol. The Kier molecular flexibility index (Phi) is 6.30. The minimum Gasteiger partial charge on any atom is -0.481 e. The second-order valence-corrected chi connectivity index (χ2v) is 8.15. The fourth-order valence-corrected chi connectivity index (χ4v) is 3.31. The highest BCUT2D eigenvalue weighted by molar-refractivity contribution is 5.82. The second-order valence-electron chi connectivity index (χ2n) is 8.15. The van der Waals surface area contributed by atoms with E-state index >= 15 is 0 Å². The van der Waals surface area contributed by atoms with Crippen molar-refractivity contribution in [3.05, 3.63) is 0 Å². The highest BCUT2D eigenvalue weighted by Crippen LogP contribution is 2.29. The van der Waals surface area contributed by atoms with E-state index in [0.29, 0.717) is 25.9 Å². The van der Waals surface area contributed by atoms with Gasteiger partial charge in [-0.15, -0.1) is 0 Å². The van der Waals surface area contributed by atoms with Gasteiger partial charge in [-0.05, 0) is 58.8 Å². The summed E-state index contributed by atoms with van der Waals surface area (Å²) in [4.78, 5) is 37.4. The van der Waals surface area contributed by atoms with Crippen LogP contribution in [0.2, 0.25) is 0 Å². The van der Waals surface area contributed by atoms with Gasteiger partial charge < -0.3 is 20.1 Å². The quantitative estimate of drug-likeness (QED) is 0.790. The first kappa shape index (κ1) is 19.5. The van der Waals surface area contributed by atoms with Gasteiger partial charge in [0.2, 0.25) is 5.91 Å². The zero-order chi connectivity index (χ0) is 18.6. The molecule has 7 nitrogen and oxygen atoms in total. The molecule has 2 fully saturated rings. The van der Waals surface area contributed by atoms with Crippen molar-refractivity contribution in [1.82, 2.24) is 10.2 Å². The summed E-state index contributed by atoms with van der Waals surface area (Å²) >= 11 is 0. The molecule has 1 unspecified atom stereocenters. The highest BCUT2D eigenvalue weighted by atomic mass is 16.6. The van der Waals surface area contributed by atoms with Crippen molar-refractivity contribution in [2.45, 2.75) is 70.9 Å². The van der Waals surface area contributed by atoms with Crippen LogP contribution in [0.25, 0.3) is 0 Å². The molecular weight excluding hydrogens is 324 g/mol. The van der Waals surface area contributed by atoms with Gasteiger partial charge in [-0.1, -0.05) is 0 Å². The van der Waals surface area contributed by atoms with Crippen LogP contribution in [0.5, 0.6) is 0 Å². The maximum Gasteiger partial charge on any atom is 0.410 e. The summed E-state index contributed by atoms with van der Waals surface area (Å²) in [6.45, 7) is 6.39. The van der Waals surface area contributed by atoms with E-state index in [4.69, 9.17) is 4.74 Å². The number of carbonyl (C=O) groups excluding carboxylic acids is 2. The average Bonchev–Trinajstić information content (AvgIpc) is 2.47. The molecule has 142 valence electrons. The van der Waals surface area contributed by atoms with Crippen LogP contribution in [0.15, 0.2) is 0 Å². The third-order valence-corrected chi connectivity index (χ3v) is 4.95. The van der Waals surface area contributed by atoms with Gasteiger partial charge in [-0.2, -0.15) is 0 Å². The molecule has 0 bridgehead atoms. The van der Waals surface area contributed by atoms with E-state index < -0.39 is 17.5 Å². The number of hydrogen-bond acceptors (Lipinski definition) is 4. The molecular formula is C18H30N2O5. The SMILES string of the molecule is CC(C)(C)OC(=O)N1CCC(C(CC(=O)NC2CCC2)C(=O)O)CC1. The van der Waals surface area contributed by atoms with E-state index in [1.807, 2.05) is 20.8 Å². The van der Waals surface area contributed by atoms with Crippen LogP contribution in [0, 0.1) is 11.8 Å². The number of likely N-dealkylation sites (tertiary alicyclic amines) is 1. The van der Waals surface area contributed by atoms with E-state index in [1.54, 1.807) is 4.90 Å². The number of hydrogen-bond donors (Lipinski definition) is 2. The topological polar surface area (TPSA) is 95.9 Å². The van der Waals surface area contributed by atoms with E-state index in [1.165, 1.54) is 0 Å². The van der Waals surface area contributed by atoms with Gasteiger partial charge in [-0.25, -0.2) is 4.79 Å². The van der Waals surface area contributed by atoms with Gasteiger partial charge in [0.25, 0.3) is 0 Å². The molecule has 2 rings (SSSR count). The summed E-state index contributed by atoms with van der Waals surface area (Å²) in [6.07, 6.45) is 3.90. The largest absolute Gasteiger partial charge is 0.481 e. The first-order valence-electron chi connectivity index (χ1n) is 9.16. The van der Waals surface area contributed by atoms with Gasteiger partial charge in [0.15, 0.2) is 0 Å². The molecule has 2 aliphatic rings. The molecule has 7 heteroatoms. The maximum atomic E-state index is 12.1. The minimum atomic E-state index is -0.931. The fraction of sp³-hybridized carbons (Fsp3) is 0.833. The lowest BCUT2D eigenvalue weighted by atomic mass is 9.82. The lowest BCUT2D eigenvalue weighted by Gasteiger charge is -2.35. The molecule has 25 heavy (non-hydrogen) atoms. The van der Waals surface area contributed by atoms with E-state index in [9.17, 15) is 19.5 Å². The van der Waals surface area contributed by atoms with Crippen LogP contribution in [0.1, 0.15) is 59.3 Å². The summed E-state index contributed by atoms with van der Waals surface area (Å²) in [7, 11) is 0. The highest BCUT2D eigenvalue weighted by Gasteiger charge is 2.35. The second kappa shape index (κ2) is 8.06. The number of carboxylic acids is 1. The normalized spacial score (nSPS) is 20.5. The first-order valence-corrected chi connectivity index (χ1v) is 9.16. The number of nitrogens with one attached hydrogen (secondary N) is 1. The average molecular weight is 354 g/mol. The Hall–Kier alpha value is -1.79. The summed E-state index contributed by atoms with van der Waals surface area (Å²) in [6, 6.07) is 0.218. The molecule has 0 aromatic carbocycles. The Morgan fingerprint density at radius 2 is 1.76 bits per heavy atom. The molecule has 0 radical (unpaired) electrons. The summed E-state index contributed by atoms with van der Waals surface area (Å²) in [5.41, 5.74) is -0.544. The Morgan fingerprint density at radius 1 is 1.16 bits per heavy atom. The van der Waals surface area contributed by atoms with Crippen LogP contribution < -0.4 is 5.32 Å². The molecule has 1 aliphatic carbocycles. The predicted octanol–water partition coefficient (Wildman–Crippen LogP) is 2.39. The summed E-state index contributed by atoms with van der Waals surface area (Å²) < 4.78 is 5.35. The number of aliphatic carboxylic acids is 1. The van der Waals surface area contributed by atoms with Crippen molar-refractivity contribution < 1.29 is 24.2 Å². The lowest BCUT2D eigenvalue weighted by Crippen LogP contribution is -2.45. The molecule has 1 heterocycles. The zero-order valence-electron chi connectivity index (χ0n) is 15.4. The van der Waals surface area contributed by atoms with Crippen LogP contribution in [0.3, 0.4) is 0 Å². The van der Waals surface area contributed by atoms with Gasteiger partial charge in [0.1, 0.15) is 5.60 Å². The minimum absolute atomic E-state index is 0.0168. The summed E-state index contributed by atoms with van der Waals surface area (Å²) in [5, 5.41) is 12.4. The number of carboxylic acid groups (broad SMARTS) is 1. The van der Waals surface area contributed by atoms with Crippen molar-refractivity contribution in [2.24, 2.45) is 11.8 Å². The van der Waals surface area contributed by atoms with Crippen molar-refractivity contribution in [1.29, 1.82) is 0 Å². The van der Waals surface area contributed by atoms with E-state index in [2.05, 4.69) is 5.32 Å². The van der Waals surface area contributed by atoms with Crippen LogP contribution in [-0.2, 0) is 14.3 Å². The Morgan fingerprint density at radius 3 is 2.20 bits per heavy atom. The van der Waals surface area contributed by atoms with Crippen molar-refractivity contribution >= 4 is 18.0 Å². The van der Waals surface area contributed by atoms with Crippen molar-refractivity contribution in [3.8, 4) is 0 Å². The van der Waals surface area contributed by atoms with Crippen molar-refractivity contribution in [3.63, 3.8) is 0 Å². The van der Waals surface area contributed by atoms with Crippen molar-refractivity contribution in [2.75, 3.05) is 13.1 Å². The van der Waals surface area contributed by atoms with E-state index in [-0.39, 0.29) is 30.4 Å². The third kappa shape index (κ3) is 5.90. The number of piperidine rings is 1. The lowest BCUT2D eigenvalue weighted by molar-refractivity contribution is -0.147. The zero-order valence-corrected chi connectivity index (χ0v) is 15.4. The molecule has 0 spiro atoms. The molecule has 2 N–H and O–H groups in total. The van der Waals surface area contributed by atoms with Crippen LogP contribution in [0.4, 0.5) is 4.79 Å². The molecule has 1 saturated heterocycles. The summed E-state index contributed by atoms with van der Waals surface area (Å²) in [5.74, 6) is -1.89. The number of rotatable bonds is 5. The Labute approximate surface area is 149 Å². The monoisotopic (exact) mass is 354 g/mol. The van der Waals surface area contributed by atoms with Crippen LogP contribution >= 0.6 is 0 Å². The number of carbonyl (C=O) groups is 3. The molecule has 0 aromatic rings. The maximum absolute atomic E-state index is 12.1. The van der Waals surface area contributed by atoms with Gasteiger partial charge in [0.05, 0.1) is 5.92 Å². The first-order chi connectivity index (χ1) is 11.7. The molecule has 2 amide bonds. The molecule has 1 saturated carbocycles. The van der Waals surface area contributed by atoms with Crippen LogP contribution in [-0.4, -0.2) is 52.7 Å². The molecule has 1 aliphatic heterocycles. The smallest absolute Gasteiger partial charge is 0.410 e. The van der Waals surface area contributed by atoms with Gasteiger partial charge in [-0.3, -0.25) is 9.59 Å². The fourth-order valence-electron chi connectivity index (χ4n) is 3.31. The van der Waals surface area contributed by atoms with E-state index in [0.717, 1.165) is 19.3 Å². The number of ether oxygens (including phenoxy) is 1. The number of nitrogens with zero attached hydrogens (tertiary/aromatic N) is 1. The Balaban J connectivity index is 1.83. The third-order valence-electron chi connectivity index (χ3n) is 4.95. The Bertz CT molecular complexity index is 502. The standard InChI is InChI=1S/C18H30N2O5/c1-18(2,3)25-17(24)20-9-7-12(8-10-20)14(16(22)23)11-15(21)19-13-5-4-6-13/h12-14H,4-11H2,1-3H3,(H,19,21)(H,22,23). The molecule has 0 aromatic heterocycles. The van der Waals surface area contributed by atoms with Gasteiger partial charge in [0, 0.05) is 25.6 Å². The van der Waals surface area contributed by atoms with Gasteiger partial charge >= 0.3 is 12.1 Å². The molecule has 1 atom stereocenters. The number of amides is 2.